The van der Waals surface area contributed by atoms with Gasteiger partial charge in [-0.05, 0) is 32.4 Å². The van der Waals surface area contributed by atoms with Crippen molar-refractivity contribution >= 4 is 22.7 Å². The zero-order chi connectivity index (χ0) is 16.4. The molecule has 6 heteroatoms. The second-order valence-electron chi connectivity index (χ2n) is 5.56. The monoisotopic (exact) mass is 329 g/mol. The summed E-state index contributed by atoms with van der Waals surface area (Å²) in [4.78, 5) is 17.5. The van der Waals surface area contributed by atoms with Crippen LogP contribution in [0, 0.1) is 6.92 Å². The molecular weight excluding hydrogens is 310 g/mol. The number of thioether (sulfide) groups is 1. The second kappa shape index (κ2) is 6.58. The lowest BCUT2D eigenvalue weighted by Crippen LogP contribution is -2.26. The van der Waals surface area contributed by atoms with Gasteiger partial charge < -0.3 is 4.52 Å². The van der Waals surface area contributed by atoms with Crippen LogP contribution in [-0.2, 0) is 5.75 Å². The maximum atomic E-state index is 12.8. The fraction of sp³-hybridized carbons (Fsp3) is 0.353. The number of para-hydroxylation sites is 1. The first-order valence-electron chi connectivity index (χ1n) is 7.66. The third-order valence-corrected chi connectivity index (χ3v) is 4.82. The summed E-state index contributed by atoms with van der Waals surface area (Å²) in [6, 6.07) is 9.48. The minimum absolute atomic E-state index is 0.0174. The average Bonchev–Trinajstić information content (AvgIpc) is 2.98. The summed E-state index contributed by atoms with van der Waals surface area (Å²) >= 11 is 1.52. The molecule has 0 saturated heterocycles. The lowest BCUT2D eigenvalue weighted by atomic mass is 10.2. The third kappa shape index (κ3) is 3.17. The molecule has 3 rings (SSSR count). The molecule has 0 saturated carbocycles. The Hall–Kier alpha value is -2.08. The van der Waals surface area contributed by atoms with Gasteiger partial charge in [0, 0.05) is 17.9 Å². The molecule has 5 nitrogen and oxygen atoms in total. The first kappa shape index (κ1) is 15.8. The molecule has 0 radical (unpaired) electrons. The molecule has 0 bridgehead atoms. The summed E-state index contributed by atoms with van der Waals surface area (Å²) in [5.41, 5.74) is 1.60. The lowest BCUT2D eigenvalue weighted by molar-refractivity contribution is 0.393. The highest BCUT2D eigenvalue weighted by Crippen LogP contribution is 2.25. The summed E-state index contributed by atoms with van der Waals surface area (Å²) < 4.78 is 6.89. The molecular formula is C17H19N3O2S. The van der Waals surface area contributed by atoms with Crippen LogP contribution >= 0.6 is 11.8 Å². The van der Waals surface area contributed by atoms with E-state index < -0.39 is 0 Å². The number of benzene rings is 1. The van der Waals surface area contributed by atoms with Crippen molar-refractivity contribution in [2.75, 3.05) is 0 Å². The first-order chi connectivity index (χ1) is 11.1. The van der Waals surface area contributed by atoms with E-state index in [0.29, 0.717) is 11.1 Å². The Balaban J connectivity index is 2.04. The van der Waals surface area contributed by atoms with E-state index >= 15 is 0 Å². The molecule has 2 heterocycles. The molecule has 0 amide bonds. The van der Waals surface area contributed by atoms with E-state index in [1.165, 1.54) is 11.8 Å². The van der Waals surface area contributed by atoms with Crippen molar-refractivity contribution in [2.45, 2.75) is 44.1 Å². The van der Waals surface area contributed by atoms with Gasteiger partial charge in [-0.2, -0.15) is 0 Å². The van der Waals surface area contributed by atoms with E-state index in [9.17, 15) is 4.79 Å². The van der Waals surface area contributed by atoms with Crippen molar-refractivity contribution in [2.24, 2.45) is 0 Å². The average molecular weight is 329 g/mol. The van der Waals surface area contributed by atoms with Crippen LogP contribution < -0.4 is 5.56 Å². The SMILES string of the molecule is CCC(C)n1c(SCc2cc(C)on2)nc2ccccc2c1=O. The Kier molecular flexibility index (Phi) is 4.52. The maximum absolute atomic E-state index is 12.8. The highest BCUT2D eigenvalue weighted by Gasteiger charge is 2.16. The summed E-state index contributed by atoms with van der Waals surface area (Å²) in [5.74, 6) is 1.41. The lowest BCUT2D eigenvalue weighted by Gasteiger charge is -2.17. The summed E-state index contributed by atoms with van der Waals surface area (Å²) in [7, 11) is 0. The standard InChI is InChI=1S/C17H19N3O2S/c1-4-11(2)20-16(21)14-7-5-6-8-15(14)18-17(20)23-10-13-9-12(3)22-19-13/h5-9,11H,4,10H2,1-3H3. The van der Waals surface area contributed by atoms with Crippen molar-refractivity contribution in [1.29, 1.82) is 0 Å². The second-order valence-corrected chi connectivity index (χ2v) is 6.50. The van der Waals surface area contributed by atoms with Gasteiger partial charge >= 0.3 is 0 Å². The molecule has 1 atom stereocenters. The minimum Gasteiger partial charge on any atom is -0.361 e. The van der Waals surface area contributed by atoms with Gasteiger partial charge in [0.05, 0.1) is 16.6 Å². The molecule has 23 heavy (non-hydrogen) atoms. The highest BCUT2D eigenvalue weighted by molar-refractivity contribution is 7.98. The van der Waals surface area contributed by atoms with E-state index in [0.717, 1.165) is 28.5 Å². The predicted octanol–water partition coefficient (Wildman–Crippen LogP) is 3.96. The summed E-state index contributed by atoms with van der Waals surface area (Å²) in [6.07, 6.45) is 0.872. The van der Waals surface area contributed by atoms with Crippen molar-refractivity contribution < 1.29 is 4.52 Å². The van der Waals surface area contributed by atoms with Crippen LogP contribution in [0.2, 0.25) is 0 Å². The third-order valence-electron chi connectivity index (χ3n) is 3.83. The summed E-state index contributed by atoms with van der Waals surface area (Å²) in [5, 5.41) is 5.39. The molecule has 0 aliphatic rings. The molecule has 0 N–H and O–H groups in total. The van der Waals surface area contributed by atoms with Gasteiger partial charge in [0.2, 0.25) is 0 Å². The molecule has 2 aromatic heterocycles. The zero-order valence-electron chi connectivity index (χ0n) is 13.4. The molecule has 0 aliphatic carbocycles. The van der Waals surface area contributed by atoms with Crippen molar-refractivity contribution in [3.05, 3.63) is 52.1 Å². The van der Waals surface area contributed by atoms with Crippen molar-refractivity contribution in [3.63, 3.8) is 0 Å². The van der Waals surface area contributed by atoms with Crippen LogP contribution in [0.15, 0.2) is 44.8 Å². The van der Waals surface area contributed by atoms with Crippen molar-refractivity contribution in [3.8, 4) is 0 Å². The van der Waals surface area contributed by atoms with Gasteiger partial charge in [-0.3, -0.25) is 9.36 Å². The highest BCUT2D eigenvalue weighted by atomic mass is 32.2. The van der Waals surface area contributed by atoms with E-state index in [4.69, 9.17) is 9.51 Å². The number of aromatic nitrogens is 3. The number of nitrogens with zero attached hydrogens (tertiary/aromatic N) is 3. The van der Waals surface area contributed by atoms with Gasteiger partial charge in [-0.1, -0.05) is 36.0 Å². The van der Waals surface area contributed by atoms with E-state index in [-0.39, 0.29) is 11.6 Å². The van der Waals surface area contributed by atoms with Gasteiger partial charge in [-0.25, -0.2) is 4.98 Å². The maximum Gasteiger partial charge on any atom is 0.262 e. The summed E-state index contributed by atoms with van der Waals surface area (Å²) in [6.45, 7) is 5.98. The van der Waals surface area contributed by atoms with Gasteiger partial charge in [0.15, 0.2) is 5.16 Å². The zero-order valence-corrected chi connectivity index (χ0v) is 14.3. The van der Waals surface area contributed by atoms with Crippen LogP contribution in [0.3, 0.4) is 0 Å². The fourth-order valence-electron chi connectivity index (χ4n) is 2.42. The van der Waals surface area contributed by atoms with Crippen LogP contribution in [0.4, 0.5) is 0 Å². The van der Waals surface area contributed by atoms with Gasteiger partial charge in [0.25, 0.3) is 5.56 Å². The molecule has 0 spiro atoms. The normalized spacial score (nSPS) is 12.7. The van der Waals surface area contributed by atoms with Crippen LogP contribution in [-0.4, -0.2) is 14.7 Å². The number of hydrogen-bond donors (Lipinski definition) is 0. The topological polar surface area (TPSA) is 60.9 Å². The van der Waals surface area contributed by atoms with E-state index in [1.54, 1.807) is 4.57 Å². The Labute approximate surface area is 138 Å². The van der Waals surface area contributed by atoms with E-state index in [1.807, 2.05) is 44.2 Å². The molecule has 0 fully saturated rings. The van der Waals surface area contributed by atoms with Gasteiger partial charge in [0.1, 0.15) is 5.76 Å². The quantitative estimate of drug-likeness (QED) is 0.524. The number of rotatable bonds is 5. The number of fused-ring (bicyclic) bond motifs is 1. The Morgan fingerprint density at radius 2 is 2.13 bits per heavy atom. The number of hydrogen-bond acceptors (Lipinski definition) is 5. The minimum atomic E-state index is 0.0174. The molecule has 120 valence electrons. The van der Waals surface area contributed by atoms with E-state index in [2.05, 4.69) is 12.1 Å². The van der Waals surface area contributed by atoms with Crippen LogP contribution in [0.5, 0.6) is 0 Å². The first-order valence-corrected chi connectivity index (χ1v) is 8.65. The Bertz CT molecular complexity index is 885. The largest absolute Gasteiger partial charge is 0.361 e. The Morgan fingerprint density at radius 1 is 1.35 bits per heavy atom. The molecule has 1 aromatic carbocycles. The van der Waals surface area contributed by atoms with Crippen LogP contribution in [0.25, 0.3) is 10.9 Å². The molecule has 0 aliphatic heterocycles. The molecule has 3 aromatic rings. The smallest absolute Gasteiger partial charge is 0.262 e. The Morgan fingerprint density at radius 3 is 2.83 bits per heavy atom. The van der Waals surface area contributed by atoms with Crippen molar-refractivity contribution in [1.82, 2.24) is 14.7 Å². The fourth-order valence-corrected chi connectivity index (χ4v) is 3.40. The van der Waals surface area contributed by atoms with Gasteiger partial charge in [-0.15, -0.1) is 0 Å². The van der Waals surface area contributed by atoms with Crippen LogP contribution in [0.1, 0.15) is 37.8 Å². The molecule has 1 unspecified atom stereocenters. The predicted molar refractivity (Wildman–Crippen MR) is 91.8 cm³/mol. The number of aryl methyl sites for hydroxylation is 1.